The number of halogens is 1. The molecule has 1 atom stereocenters. The van der Waals surface area contributed by atoms with Crippen LogP contribution in [0.15, 0.2) is 40.2 Å². The van der Waals surface area contributed by atoms with Gasteiger partial charge in [-0.1, -0.05) is 30.0 Å². The maximum Gasteiger partial charge on any atom is 0.159 e. The molecule has 5 heteroatoms. The lowest BCUT2D eigenvalue weighted by Crippen LogP contribution is -2.25. The molecule has 0 aliphatic carbocycles. The van der Waals surface area contributed by atoms with Crippen LogP contribution in [0.3, 0.4) is 0 Å². The molecule has 1 fully saturated rings. The van der Waals surface area contributed by atoms with Gasteiger partial charge >= 0.3 is 0 Å². The molecule has 1 unspecified atom stereocenters. The second-order valence-corrected chi connectivity index (χ2v) is 6.14. The first-order valence-electron chi connectivity index (χ1n) is 5.55. The van der Waals surface area contributed by atoms with Crippen molar-refractivity contribution in [3.05, 3.63) is 30.3 Å². The smallest absolute Gasteiger partial charge is 0.159 e. The van der Waals surface area contributed by atoms with Crippen molar-refractivity contribution in [2.45, 2.75) is 10.9 Å². The summed E-state index contributed by atoms with van der Waals surface area (Å²) in [5.74, 6) is 2.32. The van der Waals surface area contributed by atoms with Gasteiger partial charge in [0.1, 0.15) is 0 Å². The standard InChI is InChI=1S/C12H14N2S2.BrH/c1-2-4-11(5-3-1)16-9-10-8-14-6-7-15-12(14)13-10;/h1-5,10H,6-9H2;1H. The highest BCUT2D eigenvalue weighted by molar-refractivity contribution is 8.93. The Morgan fingerprint density at radius 2 is 2.18 bits per heavy atom. The zero-order valence-corrected chi connectivity index (χ0v) is 12.8. The Morgan fingerprint density at radius 3 is 2.94 bits per heavy atom. The van der Waals surface area contributed by atoms with E-state index in [4.69, 9.17) is 4.99 Å². The van der Waals surface area contributed by atoms with Crippen LogP contribution in [-0.4, -0.2) is 40.7 Å². The van der Waals surface area contributed by atoms with E-state index < -0.39 is 0 Å². The SMILES string of the molecule is Br.c1ccc(SCC2CN3CCSC3=N2)cc1. The molecule has 2 aliphatic rings. The van der Waals surface area contributed by atoms with Gasteiger partial charge in [0.2, 0.25) is 0 Å². The molecule has 0 aromatic heterocycles. The summed E-state index contributed by atoms with van der Waals surface area (Å²) in [5.41, 5.74) is 0. The zero-order valence-electron chi connectivity index (χ0n) is 9.41. The number of hydrogen-bond donors (Lipinski definition) is 0. The van der Waals surface area contributed by atoms with Crippen molar-refractivity contribution in [2.75, 3.05) is 24.6 Å². The van der Waals surface area contributed by atoms with Crippen molar-refractivity contribution >= 4 is 45.7 Å². The minimum atomic E-state index is 0. The number of aliphatic imine (C=N–C) groups is 1. The summed E-state index contributed by atoms with van der Waals surface area (Å²) < 4.78 is 0. The summed E-state index contributed by atoms with van der Waals surface area (Å²) in [4.78, 5) is 8.52. The number of hydrogen-bond acceptors (Lipinski definition) is 4. The van der Waals surface area contributed by atoms with E-state index in [0.29, 0.717) is 6.04 Å². The van der Waals surface area contributed by atoms with E-state index in [0.717, 1.165) is 12.3 Å². The van der Waals surface area contributed by atoms with E-state index >= 15 is 0 Å². The van der Waals surface area contributed by atoms with E-state index in [9.17, 15) is 0 Å². The van der Waals surface area contributed by atoms with Crippen LogP contribution in [0.1, 0.15) is 0 Å². The Labute approximate surface area is 121 Å². The van der Waals surface area contributed by atoms with Crippen LogP contribution >= 0.6 is 40.5 Å². The van der Waals surface area contributed by atoms with Gasteiger partial charge in [-0.2, -0.15) is 0 Å². The third-order valence-electron chi connectivity index (χ3n) is 2.77. The fourth-order valence-electron chi connectivity index (χ4n) is 1.97. The van der Waals surface area contributed by atoms with Gasteiger partial charge in [-0.05, 0) is 12.1 Å². The zero-order chi connectivity index (χ0) is 10.8. The van der Waals surface area contributed by atoms with Gasteiger partial charge in [0.15, 0.2) is 5.17 Å². The Morgan fingerprint density at radius 1 is 1.35 bits per heavy atom. The quantitative estimate of drug-likeness (QED) is 0.792. The van der Waals surface area contributed by atoms with E-state index in [1.807, 2.05) is 23.5 Å². The van der Waals surface area contributed by atoms with E-state index in [-0.39, 0.29) is 17.0 Å². The first-order valence-corrected chi connectivity index (χ1v) is 7.52. The maximum absolute atomic E-state index is 4.75. The molecule has 2 heterocycles. The lowest BCUT2D eigenvalue weighted by Gasteiger charge is -2.12. The van der Waals surface area contributed by atoms with Crippen LogP contribution in [0.2, 0.25) is 0 Å². The molecular formula is C12H15BrN2S2. The van der Waals surface area contributed by atoms with Crippen molar-refractivity contribution in [1.82, 2.24) is 4.90 Å². The molecular weight excluding hydrogens is 316 g/mol. The molecule has 0 saturated carbocycles. The van der Waals surface area contributed by atoms with E-state index in [1.165, 1.54) is 22.4 Å². The highest BCUT2D eigenvalue weighted by Crippen LogP contribution is 2.27. The van der Waals surface area contributed by atoms with Gasteiger partial charge < -0.3 is 4.90 Å². The van der Waals surface area contributed by atoms with Crippen LogP contribution < -0.4 is 0 Å². The fourth-order valence-corrected chi connectivity index (χ4v) is 3.95. The summed E-state index contributed by atoms with van der Waals surface area (Å²) in [6.45, 7) is 2.32. The van der Waals surface area contributed by atoms with Gasteiger partial charge in [0, 0.05) is 29.5 Å². The molecule has 0 N–H and O–H groups in total. The first kappa shape index (κ1) is 13.3. The predicted octanol–water partition coefficient (Wildman–Crippen LogP) is 3.14. The molecule has 0 bridgehead atoms. The lowest BCUT2D eigenvalue weighted by atomic mass is 10.3. The minimum absolute atomic E-state index is 0. The Balaban J connectivity index is 0.00000108. The molecule has 0 radical (unpaired) electrons. The summed E-state index contributed by atoms with van der Waals surface area (Å²) in [6, 6.07) is 11.1. The number of benzene rings is 1. The second kappa shape index (κ2) is 6.16. The Kier molecular flexibility index (Phi) is 4.82. The Hall–Kier alpha value is -0.130. The summed E-state index contributed by atoms with van der Waals surface area (Å²) in [7, 11) is 0. The number of amidine groups is 1. The van der Waals surface area contributed by atoms with Crippen LogP contribution in [0.5, 0.6) is 0 Å². The van der Waals surface area contributed by atoms with Crippen molar-refractivity contribution in [2.24, 2.45) is 4.99 Å². The van der Waals surface area contributed by atoms with Crippen LogP contribution in [0.25, 0.3) is 0 Å². The van der Waals surface area contributed by atoms with Crippen LogP contribution in [-0.2, 0) is 0 Å². The lowest BCUT2D eigenvalue weighted by molar-refractivity contribution is 0.471. The molecule has 92 valence electrons. The molecule has 3 rings (SSSR count). The fraction of sp³-hybridized carbons (Fsp3) is 0.417. The average Bonchev–Trinajstić information content (AvgIpc) is 2.88. The molecule has 2 aliphatic heterocycles. The van der Waals surface area contributed by atoms with Crippen LogP contribution in [0.4, 0.5) is 0 Å². The first-order chi connectivity index (χ1) is 7.92. The topological polar surface area (TPSA) is 15.6 Å². The van der Waals surface area contributed by atoms with E-state index in [1.54, 1.807) is 0 Å². The molecule has 1 saturated heterocycles. The predicted molar refractivity (Wildman–Crippen MR) is 82.7 cm³/mol. The van der Waals surface area contributed by atoms with Crippen LogP contribution in [0, 0.1) is 0 Å². The largest absolute Gasteiger partial charge is 0.348 e. The molecule has 17 heavy (non-hydrogen) atoms. The number of thioether (sulfide) groups is 2. The van der Waals surface area contributed by atoms with Gasteiger partial charge in [0.25, 0.3) is 0 Å². The summed E-state index contributed by atoms with van der Waals surface area (Å²) >= 11 is 3.82. The van der Waals surface area contributed by atoms with Crippen molar-refractivity contribution < 1.29 is 0 Å². The van der Waals surface area contributed by atoms with Crippen molar-refractivity contribution in [1.29, 1.82) is 0 Å². The third kappa shape index (κ3) is 3.20. The van der Waals surface area contributed by atoms with Crippen molar-refractivity contribution in [3.8, 4) is 0 Å². The maximum atomic E-state index is 4.75. The molecule has 1 aromatic rings. The van der Waals surface area contributed by atoms with Gasteiger partial charge in [-0.25, -0.2) is 0 Å². The summed E-state index contributed by atoms with van der Waals surface area (Å²) in [5, 5.41) is 1.28. The molecule has 0 spiro atoms. The third-order valence-corrected chi connectivity index (χ3v) is 4.94. The van der Waals surface area contributed by atoms with Crippen molar-refractivity contribution in [3.63, 3.8) is 0 Å². The number of fused-ring (bicyclic) bond motifs is 1. The highest BCUT2D eigenvalue weighted by Gasteiger charge is 2.28. The van der Waals surface area contributed by atoms with Gasteiger partial charge in [-0.3, -0.25) is 4.99 Å². The molecule has 1 aromatic carbocycles. The van der Waals surface area contributed by atoms with Gasteiger partial charge in [0.05, 0.1) is 6.04 Å². The molecule has 0 amide bonds. The monoisotopic (exact) mass is 330 g/mol. The second-order valence-electron chi connectivity index (χ2n) is 3.98. The summed E-state index contributed by atoms with van der Waals surface area (Å²) in [6.07, 6.45) is 0. The van der Waals surface area contributed by atoms with E-state index in [2.05, 4.69) is 35.2 Å². The molecule has 2 nitrogen and oxygen atoms in total. The average molecular weight is 331 g/mol. The number of nitrogens with zero attached hydrogens (tertiary/aromatic N) is 2. The highest BCUT2D eigenvalue weighted by atomic mass is 79.9. The number of rotatable bonds is 3. The van der Waals surface area contributed by atoms with Gasteiger partial charge in [-0.15, -0.1) is 28.7 Å². The minimum Gasteiger partial charge on any atom is -0.348 e. The normalized spacial score (nSPS) is 22.0. The Bertz CT molecular complexity index is 397.